The summed E-state index contributed by atoms with van der Waals surface area (Å²) in [6, 6.07) is 21.1. The summed E-state index contributed by atoms with van der Waals surface area (Å²) >= 11 is 1.78. The third kappa shape index (κ3) is 3.20. The fourth-order valence-electron chi connectivity index (χ4n) is 3.39. The minimum atomic E-state index is 0.101. The molecule has 0 aliphatic rings. The SMILES string of the molecule is CCOc1ccc(NC(c2cccs2)c2c(C)[nH]c3ccccc23)cc1. The zero-order valence-corrected chi connectivity index (χ0v) is 15.8. The van der Waals surface area contributed by atoms with Gasteiger partial charge in [0.2, 0.25) is 0 Å². The average molecular weight is 362 g/mol. The molecule has 1 unspecified atom stereocenters. The molecule has 0 radical (unpaired) electrons. The van der Waals surface area contributed by atoms with Gasteiger partial charge in [0.25, 0.3) is 0 Å². The number of hydrogen-bond donors (Lipinski definition) is 2. The molecule has 3 nitrogen and oxygen atoms in total. The summed E-state index contributed by atoms with van der Waals surface area (Å²) in [4.78, 5) is 4.82. The minimum absolute atomic E-state index is 0.101. The van der Waals surface area contributed by atoms with Crippen molar-refractivity contribution in [1.82, 2.24) is 4.98 Å². The maximum Gasteiger partial charge on any atom is 0.119 e. The number of rotatable bonds is 6. The van der Waals surface area contributed by atoms with Crippen LogP contribution < -0.4 is 10.1 Å². The van der Waals surface area contributed by atoms with Gasteiger partial charge >= 0.3 is 0 Å². The van der Waals surface area contributed by atoms with Crippen LogP contribution in [-0.2, 0) is 0 Å². The normalized spacial score (nSPS) is 12.2. The number of aromatic nitrogens is 1. The third-order valence-electron chi connectivity index (χ3n) is 4.54. The third-order valence-corrected chi connectivity index (χ3v) is 5.47. The number of nitrogens with one attached hydrogen (secondary N) is 2. The van der Waals surface area contributed by atoms with Gasteiger partial charge in [0.15, 0.2) is 0 Å². The lowest BCUT2D eigenvalue weighted by atomic mass is 10.0. The first kappa shape index (κ1) is 16.7. The van der Waals surface area contributed by atoms with Gasteiger partial charge < -0.3 is 15.0 Å². The molecule has 0 saturated heterocycles. The summed E-state index contributed by atoms with van der Waals surface area (Å²) in [7, 11) is 0. The van der Waals surface area contributed by atoms with Crippen molar-refractivity contribution in [1.29, 1.82) is 0 Å². The highest BCUT2D eigenvalue weighted by Gasteiger charge is 2.21. The van der Waals surface area contributed by atoms with E-state index in [9.17, 15) is 0 Å². The van der Waals surface area contributed by atoms with Gasteiger partial charge in [-0.2, -0.15) is 0 Å². The molecule has 4 rings (SSSR count). The fourth-order valence-corrected chi connectivity index (χ4v) is 4.18. The predicted molar refractivity (Wildman–Crippen MR) is 110 cm³/mol. The molecule has 2 N–H and O–H groups in total. The molecule has 0 aliphatic heterocycles. The van der Waals surface area contributed by atoms with Gasteiger partial charge in [-0.15, -0.1) is 11.3 Å². The van der Waals surface area contributed by atoms with Crippen molar-refractivity contribution >= 4 is 27.9 Å². The highest BCUT2D eigenvalue weighted by Crippen LogP contribution is 2.36. The number of anilines is 1. The molecule has 4 aromatic rings. The van der Waals surface area contributed by atoms with Gasteiger partial charge in [-0.1, -0.05) is 24.3 Å². The number of H-pyrrole nitrogens is 1. The molecule has 0 bridgehead atoms. The van der Waals surface area contributed by atoms with Crippen molar-refractivity contribution in [2.45, 2.75) is 19.9 Å². The maximum atomic E-state index is 5.56. The standard InChI is InChI=1S/C22H22N2OS/c1-3-25-17-12-10-16(11-13-17)24-22(20-9-6-14-26-20)21-15(2)23-19-8-5-4-7-18(19)21/h4-14,22-24H,3H2,1-2H3. The van der Waals surface area contributed by atoms with E-state index in [1.807, 2.05) is 19.1 Å². The van der Waals surface area contributed by atoms with Crippen LogP contribution >= 0.6 is 11.3 Å². The van der Waals surface area contributed by atoms with Crippen LogP contribution in [0.3, 0.4) is 0 Å². The van der Waals surface area contributed by atoms with Gasteiger partial charge in [0.05, 0.1) is 12.6 Å². The molecule has 0 saturated carbocycles. The number of aromatic amines is 1. The Kier molecular flexibility index (Phi) is 4.67. The van der Waals surface area contributed by atoms with Gasteiger partial charge in [0.1, 0.15) is 5.75 Å². The lowest BCUT2D eigenvalue weighted by molar-refractivity contribution is 0.340. The second-order valence-electron chi connectivity index (χ2n) is 6.26. The number of para-hydroxylation sites is 1. The van der Waals surface area contributed by atoms with Crippen molar-refractivity contribution in [3.8, 4) is 5.75 Å². The summed E-state index contributed by atoms with van der Waals surface area (Å²) in [6.45, 7) is 4.83. The minimum Gasteiger partial charge on any atom is -0.494 e. The largest absolute Gasteiger partial charge is 0.494 e. The molecule has 1 atom stereocenters. The Morgan fingerprint density at radius 1 is 1.04 bits per heavy atom. The summed E-state index contributed by atoms with van der Waals surface area (Å²) in [5.41, 5.74) is 4.76. The zero-order chi connectivity index (χ0) is 17.9. The summed E-state index contributed by atoms with van der Waals surface area (Å²) in [6.07, 6.45) is 0. The number of fused-ring (bicyclic) bond motifs is 1. The van der Waals surface area contributed by atoms with Gasteiger partial charge in [0, 0.05) is 32.7 Å². The molecule has 0 aliphatic carbocycles. The molecule has 0 fully saturated rings. The van der Waals surface area contributed by atoms with Gasteiger partial charge in [-0.25, -0.2) is 0 Å². The molecule has 0 amide bonds. The molecular formula is C22H22N2OS. The molecule has 2 aromatic heterocycles. The van der Waals surface area contributed by atoms with Crippen molar-refractivity contribution in [3.05, 3.63) is 82.2 Å². The lowest BCUT2D eigenvalue weighted by Gasteiger charge is -2.20. The Balaban J connectivity index is 1.74. The van der Waals surface area contributed by atoms with E-state index in [-0.39, 0.29) is 6.04 Å². The number of benzene rings is 2. The van der Waals surface area contributed by atoms with Crippen molar-refractivity contribution < 1.29 is 4.74 Å². The number of thiophene rings is 1. The molecule has 4 heteroatoms. The van der Waals surface area contributed by atoms with Crippen molar-refractivity contribution in [2.24, 2.45) is 0 Å². The van der Waals surface area contributed by atoms with Crippen LogP contribution in [0.1, 0.15) is 29.1 Å². The van der Waals surface area contributed by atoms with Crippen LogP contribution in [0.15, 0.2) is 66.0 Å². The van der Waals surface area contributed by atoms with E-state index in [1.165, 1.54) is 27.0 Å². The number of ether oxygens (including phenoxy) is 1. The Morgan fingerprint density at radius 3 is 2.58 bits per heavy atom. The predicted octanol–water partition coefficient (Wildman–Crippen LogP) is 6.14. The van der Waals surface area contributed by atoms with E-state index in [1.54, 1.807) is 11.3 Å². The van der Waals surface area contributed by atoms with Crippen LogP contribution in [-0.4, -0.2) is 11.6 Å². The average Bonchev–Trinajstić information content (AvgIpc) is 3.29. The smallest absolute Gasteiger partial charge is 0.119 e. The van der Waals surface area contributed by atoms with Crippen LogP contribution in [0.4, 0.5) is 5.69 Å². The molecular weight excluding hydrogens is 340 g/mol. The zero-order valence-electron chi connectivity index (χ0n) is 15.0. The number of aryl methyl sites for hydroxylation is 1. The van der Waals surface area contributed by atoms with Crippen LogP contribution in [0.5, 0.6) is 5.75 Å². The van der Waals surface area contributed by atoms with Crippen LogP contribution in [0, 0.1) is 6.92 Å². The Morgan fingerprint density at radius 2 is 1.85 bits per heavy atom. The molecule has 26 heavy (non-hydrogen) atoms. The second kappa shape index (κ2) is 7.26. The summed E-state index contributed by atoms with van der Waals surface area (Å²) in [5, 5.41) is 7.12. The van der Waals surface area contributed by atoms with Crippen molar-refractivity contribution in [2.75, 3.05) is 11.9 Å². The highest BCUT2D eigenvalue weighted by atomic mass is 32.1. The Bertz CT molecular complexity index is 987. The quantitative estimate of drug-likeness (QED) is 0.432. The topological polar surface area (TPSA) is 37.0 Å². The van der Waals surface area contributed by atoms with Gasteiger partial charge in [-0.3, -0.25) is 0 Å². The van der Waals surface area contributed by atoms with E-state index >= 15 is 0 Å². The molecule has 2 aromatic carbocycles. The molecule has 0 spiro atoms. The summed E-state index contributed by atoms with van der Waals surface area (Å²) < 4.78 is 5.56. The van der Waals surface area contributed by atoms with E-state index in [4.69, 9.17) is 4.74 Å². The molecule has 132 valence electrons. The first-order valence-electron chi connectivity index (χ1n) is 8.86. The lowest BCUT2D eigenvalue weighted by Crippen LogP contribution is -2.12. The summed E-state index contributed by atoms with van der Waals surface area (Å²) in [5.74, 6) is 0.897. The first-order valence-corrected chi connectivity index (χ1v) is 9.74. The van der Waals surface area contributed by atoms with E-state index in [0.717, 1.165) is 11.4 Å². The molecule has 2 heterocycles. The monoisotopic (exact) mass is 362 g/mol. The fraction of sp³-hybridized carbons (Fsp3) is 0.182. The van der Waals surface area contributed by atoms with E-state index in [0.29, 0.717) is 6.61 Å². The van der Waals surface area contributed by atoms with Gasteiger partial charge in [-0.05, 0) is 55.6 Å². The van der Waals surface area contributed by atoms with Crippen LogP contribution in [0.2, 0.25) is 0 Å². The highest BCUT2D eigenvalue weighted by molar-refractivity contribution is 7.10. The van der Waals surface area contributed by atoms with Crippen LogP contribution in [0.25, 0.3) is 10.9 Å². The van der Waals surface area contributed by atoms with E-state index < -0.39 is 0 Å². The Hall–Kier alpha value is -2.72. The van der Waals surface area contributed by atoms with E-state index in [2.05, 4.69) is 71.1 Å². The number of hydrogen-bond acceptors (Lipinski definition) is 3. The van der Waals surface area contributed by atoms with Crippen molar-refractivity contribution in [3.63, 3.8) is 0 Å². The second-order valence-corrected chi connectivity index (χ2v) is 7.24. The first-order chi connectivity index (χ1) is 12.8. The Labute approximate surface area is 157 Å². The maximum absolute atomic E-state index is 5.56.